The maximum absolute atomic E-state index is 11.7. The fourth-order valence-corrected chi connectivity index (χ4v) is 1.44. The first-order chi connectivity index (χ1) is 7.70. The van der Waals surface area contributed by atoms with Gasteiger partial charge in [0.2, 0.25) is 0 Å². The zero-order chi connectivity index (χ0) is 11.5. The van der Waals surface area contributed by atoms with Crippen molar-refractivity contribution >= 4 is 23.3 Å². The Morgan fingerprint density at radius 3 is 3.06 bits per heavy atom. The highest BCUT2D eigenvalue weighted by molar-refractivity contribution is 6.29. The van der Waals surface area contributed by atoms with Crippen molar-refractivity contribution in [2.24, 2.45) is 0 Å². The molecular formula is C10H10ClN3O2. The summed E-state index contributed by atoms with van der Waals surface area (Å²) in [5.41, 5.74) is 0.936. The zero-order valence-corrected chi connectivity index (χ0v) is 9.34. The smallest absolute Gasteiger partial charge is 0.292 e. The molecule has 0 aliphatic carbocycles. The van der Waals surface area contributed by atoms with Crippen molar-refractivity contribution in [3.05, 3.63) is 34.9 Å². The van der Waals surface area contributed by atoms with Crippen LogP contribution in [0.25, 0.3) is 0 Å². The first-order valence-corrected chi connectivity index (χ1v) is 5.17. The molecule has 0 saturated heterocycles. The molecule has 6 heteroatoms. The first-order valence-electron chi connectivity index (χ1n) is 4.79. The highest BCUT2D eigenvalue weighted by Gasteiger charge is 2.13. The van der Waals surface area contributed by atoms with Crippen molar-refractivity contribution in [3.8, 4) is 0 Å². The predicted molar refractivity (Wildman–Crippen MR) is 59.6 cm³/mol. The fraction of sp³-hybridized carbons (Fsp3) is 0.200. The van der Waals surface area contributed by atoms with Crippen LogP contribution in [0.2, 0.25) is 5.22 Å². The van der Waals surface area contributed by atoms with E-state index in [0.29, 0.717) is 5.82 Å². The van der Waals surface area contributed by atoms with Gasteiger partial charge in [0.1, 0.15) is 5.82 Å². The summed E-state index contributed by atoms with van der Waals surface area (Å²) < 4.78 is 4.99. The van der Waals surface area contributed by atoms with Crippen LogP contribution in [0.5, 0.6) is 0 Å². The molecule has 2 heterocycles. The number of aromatic nitrogens is 2. The van der Waals surface area contributed by atoms with Crippen LogP contribution in [0.15, 0.2) is 22.7 Å². The molecule has 0 spiro atoms. The number of aryl methyl sites for hydroxylation is 1. The Morgan fingerprint density at radius 1 is 1.62 bits per heavy atom. The van der Waals surface area contributed by atoms with E-state index in [0.717, 1.165) is 12.0 Å². The number of nitrogens with zero attached hydrogens (tertiary/aromatic N) is 1. The van der Waals surface area contributed by atoms with Gasteiger partial charge in [-0.15, -0.1) is 0 Å². The standard InChI is InChI=1S/C10H10ClN3O2/c1-2-6-5-12-14-9(6)13-10(15)7-3-4-8(11)16-7/h3-5H,2H2,1H3,(H2,12,13,14,15). The Labute approximate surface area is 96.8 Å². The molecule has 0 atom stereocenters. The number of amides is 1. The summed E-state index contributed by atoms with van der Waals surface area (Å²) in [5.74, 6) is 0.396. The molecule has 0 saturated carbocycles. The summed E-state index contributed by atoms with van der Waals surface area (Å²) in [4.78, 5) is 11.7. The summed E-state index contributed by atoms with van der Waals surface area (Å²) in [6.07, 6.45) is 2.45. The third-order valence-corrected chi connectivity index (χ3v) is 2.34. The minimum absolute atomic E-state index is 0.168. The van der Waals surface area contributed by atoms with Crippen LogP contribution >= 0.6 is 11.6 Å². The number of hydrogen-bond donors (Lipinski definition) is 2. The number of hydrogen-bond acceptors (Lipinski definition) is 3. The number of H-pyrrole nitrogens is 1. The molecule has 0 aliphatic rings. The lowest BCUT2D eigenvalue weighted by Crippen LogP contribution is -2.12. The Hall–Kier alpha value is -1.75. The van der Waals surface area contributed by atoms with Gasteiger partial charge in [-0.2, -0.15) is 5.10 Å². The van der Waals surface area contributed by atoms with E-state index >= 15 is 0 Å². The molecule has 2 aromatic heterocycles. The number of carbonyl (C=O) groups is 1. The third kappa shape index (κ3) is 2.09. The van der Waals surface area contributed by atoms with Crippen LogP contribution in [0, 0.1) is 0 Å². The molecule has 0 fully saturated rings. The minimum atomic E-state index is -0.356. The number of carbonyl (C=O) groups excluding carboxylic acids is 1. The maximum Gasteiger partial charge on any atom is 0.292 e. The molecular weight excluding hydrogens is 230 g/mol. The molecule has 2 N–H and O–H groups in total. The number of furan rings is 1. The van der Waals surface area contributed by atoms with Crippen molar-refractivity contribution in [1.29, 1.82) is 0 Å². The van der Waals surface area contributed by atoms with E-state index in [9.17, 15) is 4.79 Å². The predicted octanol–water partition coefficient (Wildman–Crippen LogP) is 2.47. The van der Waals surface area contributed by atoms with Crippen LogP contribution in [-0.4, -0.2) is 16.1 Å². The minimum Gasteiger partial charge on any atom is -0.440 e. The third-order valence-electron chi connectivity index (χ3n) is 2.13. The monoisotopic (exact) mass is 239 g/mol. The highest BCUT2D eigenvalue weighted by atomic mass is 35.5. The molecule has 5 nitrogen and oxygen atoms in total. The Bertz CT molecular complexity index is 504. The first kappa shape index (κ1) is 10.8. The zero-order valence-electron chi connectivity index (χ0n) is 8.58. The van der Waals surface area contributed by atoms with Gasteiger partial charge in [0.25, 0.3) is 5.91 Å². The molecule has 84 valence electrons. The van der Waals surface area contributed by atoms with E-state index in [2.05, 4.69) is 15.5 Å². The van der Waals surface area contributed by atoms with E-state index in [1.807, 2.05) is 6.92 Å². The highest BCUT2D eigenvalue weighted by Crippen LogP contribution is 2.16. The molecule has 2 aromatic rings. The lowest BCUT2D eigenvalue weighted by Gasteiger charge is -2.01. The topological polar surface area (TPSA) is 70.9 Å². The Balaban J connectivity index is 2.13. The number of aromatic amines is 1. The molecule has 2 rings (SSSR count). The van der Waals surface area contributed by atoms with Gasteiger partial charge in [0.05, 0.1) is 6.20 Å². The second-order valence-electron chi connectivity index (χ2n) is 3.18. The van der Waals surface area contributed by atoms with Crippen LogP contribution < -0.4 is 5.32 Å². The average molecular weight is 240 g/mol. The van der Waals surface area contributed by atoms with Gasteiger partial charge < -0.3 is 9.73 Å². The average Bonchev–Trinajstić information content (AvgIpc) is 2.86. The molecule has 0 aromatic carbocycles. The number of anilines is 1. The van der Waals surface area contributed by atoms with Gasteiger partial charge in [-0.1, -0.05) is 6.92 Å². The molecule has 0 aliphatic heterocycles. The summed E-state index contributed by atoms with van der Waals surface area (Å²) in [6.45, 7) is 1.98. The number of nitrogens with one attached hydrogen (secondary N) is 2. The van der Waals surface area contributed by atoms with Crippen LogP contribution in [0.3, 0.4) is 0 Å². The maximum atomic E-state index is 11.7. The largest absolute Gasteiger partial charge is 0.440 e. The summed E-state index contributed by atoms with van der Waals surface area (Å²) in [6, 6.07) is 3.03. The van der Waals surface area contributed by atoms with Crippen LogP contribution in [0.1, 0.15) is 23.0 Å². The van der Waals surface area contributed by atoms with Crippen molar-refractivity contribution < 1.29 is 9.21 Å². The van der Waals surface area contributed by atoms with Gasteiger partial charge in [-0.3, -0.25) is 9.89 Å². The van der Waals surface area contributed by atoms with Gasteiger partial charge in [-0.25, -0.2) is 0 Å². The van der Waals surface area contributed by atoms with Crippen molar-refractivity contribution in [1.82, 2.24) is 10.2 Å². The van der Waals surface area contributed by atoms with E-state index < -0.39 is 0 Å². The second-order valence-corrected chi connectivity index (χ2v) is 3.55. The van der Waals surface area contributed by atoms with Crippen molar-refractivity contribution in [2.45, 2.75) is 13.3 Å². The second kappa shape index (κ2) is 4.40. The molecule has 16 heavy (non-hydrogen) atoms. The normalized spacial score (nSPS) is 10.4. The molecule has 0 radical (unpaired) electrons. The number of halogens is 1. The van der Waals surface area contributed by atoms with E-state index in [4.69, 9.17) is 16.0 Å². The number of rotatable bonds is 3. The van der Waals surface area contributed by atoms with Crippen molar-refractivity contribution in [3.63, 3.8) is 0 Å². The van der Waals surface area contributed by atoms with E-state index in [1.165, 1.54) is 12.1 Å². The SMILES string of the molecule is CCc1cn[nH]c1NC(=O)c1ccc(Cl)o1. The molecule has 0 bridgehead atoms. The lowest BCUT2D eigenvalue weighted by molar-refractivity contribution is 0.0996. The van der Waals surface area contributed by atoms with Crippen LogP contribution in [-0.2, 0) is 6.42 Å². The molecule has 0 unspecified atom stereocenters. The summed E-state index contributed by atoms with van der Waals surface area (Å²) >= 11 is 5.58. The van der Waals surface area contributed by atoms with Gasteiger partial charge in [0.15, 0.2) is 11.0 Å². The van der Waals surface area contributed by atoms with Crippen LogP contribution in [0.4, 0.5) is 5.82 Å². The molecule has 1 amide bonds. The Kier molecular flexibility index (Phi) is 2.96. The van der Waals surface area contributed by atoms with Crippen molar-refractivity contribution in [2.75, 3.05) is 5.32 Å². The fourth-order valence-electron chi connectivity index (χ4n) is 1.30. The van der Waals surface area contributed by atoms with Gasteiger partial charge in [0, 0.05) is 5.56 Å². The Morgan fingerprint density at radius 2 is 2.44 bits per heavy atom. The summed E-state index contributed by atoms with van der Waals surface area (Å²) in [5, 5.41) is 9.40. The summed E-state index contributed by atoms with van der Waals surface area (Å²) in [7, 11) is 0. The van der Waals surface area contributed by atoms with Gasteiger partial charge >= 0.3 is 0 Å². The van der Waals surface area contributed by atoms with E-state index in [1.54, 1.807) is 6.20 Å². The lowest BCUT2D eigenvalue weighted by atomic mass is 10.2. The van der Waals surface area contributed by atoms with E-state index in [-0.39, 0.29) is 16.9 Å². The van der Waals surface area contributed by atoms with Gasteiger partial charge in [-0.05, 0) is 30.2 Å². The quantitative estimate of drug-likeness (QED) is 0.864.